The van der Waals surface area contributed by atoms with E-state index in [4.69, 9.17) is 5.73 Å². The van der Waals surface area contributed by atoms with Crippen LogP contribution in [0, 0.1) is 0 Å². The molecule has 20 heavy (non-hydrogen) atoms. The molecule has 2 rings (SSSR count). The minimum Gasteiger partial charge on any atom is -0.337 e. The van der Waals surface area contributed by atoms with Gasteiger partial charge in [-0.2, -0.15) is 0 Å². The Bertz CT molecular complexity index is 640. The summed E-state index contributed by atoms with van der Waals surface area (Å²) in [5.41, 5.74) is 5.87. The van der Waals surface area contributed by atoms with E-state index in [1.807, 2.05) is 10.8 Å². The molecule has 0 atom stereocenters. The summed E-state index contributed by atoms with van der Waals surface area (Å²) in [5, 5.41) is 0. The van der Waals surface area contributed by atoms with E-state index < -0.39 is 10.0 Å². The van der Waals surface area contributed by atoms with Crippen LogP contribution in [0.4, 0.5) is 0 Å². The van der Waals surface area contributed by atoms with Gasteiger partial charge in [0.2, 0.25) is 10.0 Å². The molecule has 0 aromatic carbocycles. The molecule has 0 aliphatic rings. The predicted molar refractivity (Wildman–Crippen MR) is 74.2 cm³/mol. The van der Waals surface area contributed by atoms with Crippen LogP contribution >= 0.6 is 0 Å². The van der Waals surface area contributed by atoms with Crippen LogP contribution in [0.5, 0.6) is 0 Å². The summed E-state index contributed by atoms with van der Waals surface area (Å²) < 4.78 is 28.7. The van der Waals surface area contributed by atoms with Crippen molar-refractivity contribution >= 4 is 10.0 Å². The maximum absolute atomic E-state index is 12.1. The minimum absolute atomic E-state index is 0.0894. The zero-order valence-corrected chi connectivity index (χ0v) is 11.8. The van der Waals surface area contributed by atoms with E-state index in [0.29, 0.717) is 25.2 Å². The van der Waals surface area contributed by atoms with Crippen LogP contribution in [0.3, 0.4) is 0 Å². The molecule has 0 radical (unpaired) electrons. The van der Waals surface area contributed by atoms with Crippen LogP contribution in [0.25, 0.3) is 0 Å². The lowest BCUT2D eigenvalue weighted by Crippen LogP contribution is -2.27. The summed E-state index contributed by atoms with van der Waals surface area (Å²) in [6, 6.07) is 3.09. The van der Waals surface area contributed by atoms with E-state index in [1.165, 1.54) is 12.3 Å². The van der Waals surface area contributed by atoms with Crippen molar-refractivity contribution in [2.75, 3.05) is 6.54 Å². The molecule has 2 aromatic rings. The van der Waals surface area contributed by atoms with Gasteiger partial charge in [0, 0.05) is 38.2 Å². The van der Waals surface area contributed by atoms with Gasteiger partial charge in [0.1, 0.15) is 4.90 Å². The first-order valence-corrected chi connectivity index (χ1v) is 7.71. The van der Waals surface area contributed by atoms with Crippen molar-refractivity contribution in [3.8, 4) is 0 Å². The van der Waals surface area contributed by atoms with Crippen molar-refractivity contribution in [3.63, 3.8) is 0 Å². The van der Waals surface area contributed by atoms with E-state index >= 15 is 0 Å². The molecule has 0 amide bonds. The molecule has 0 unspecified atom stereocenters. The highest BCUT2D eigenvalue weighted by molar-refractivity contribution is 7.89. The zero-order valence-electron chi connectivity index (χ0n) is 10.9. The first-order chi connectivity index (χ1) is 9.63. The summed E-state index contributed by atoms with van der Waals surface area (Å²) in [7, 11) is -3.56. The van der Waals surface area contributed by atoms with E-state index in [-0.39, 0.29) is 11.4 Å². The van der Waals surface area contributed by atoms with Gasteiger partial charge >= 0.3 is 0 Å². The van der Waals surface area contributed by atoms with Crippen molar-refractivity contribution in [2.45, 2.75) is 24.4 Å². The molecule has 2 aromatic heterocycles. The molecule has 108 valence electrons. The van der Waals surface area contributed by atoms with E-state index in [9.17, 15) is 8.42 Å². The Hall–Kier alpha value is -1.77. The van der Waals surface area contributed by atoms with Crippen molar-refractivity contribution in [2.24, 2.45) is 5.73 Å². The molecular weight excluding hydrogens is 278 g/mol. The van der Waals surface area contributed by atoms with E-state index in [0.717, 1.165) is 0 Å². The fourth-order valence-corrected chi connectivity index (χ4v) is 3.06. The van der Waals surface area contributed by atoms with Crippen molar-refractivity contribution < 1.29 is 8.42 Å². The van der Waals surface area contributed by atoms with Crippen molar-refractivity contribution in [1.29, 1.82) is 0 Å². The molecule has 7 nitrogen and oxygen atoms in total. The quantitative estimate of drug-likeness (QED) is 0.705. The number of hydrogen-bond donors (Lipinski definition) is 2. The van der Waals surface area contributed by atoms with Gasteiger partial charge in [0.05, 0.1) is 12.0 Å². The smallest absolute Gasteiger partial charge is 0.242 e. The number of nitrogens with zero attached hydrogens (tertiary/aromatic N) is 3. The monoisotopic (exact) mass is 295 g/mol. The van der Waals surface area contributed by atoms with Gasteiger partial charge in [-0.15, -0.1) is 0 Å². The first kappa shape index (κ1) is 14.6. The highest BCUT2D eigenvalue weighted by Gasteiger charge is 2.17. The Morgan fingerprint density at radius 3 is 2.90 bits per heavy atom. The zero-order chi connectivity index (χ0) is 14.4. The Kier molecular flexibility index (Phi) is 4.83. The summed E-state index contributed by atoms with van der Waals surface area (Å²) in [5.74, 6) is 0. The molecule has 0 saturated carbocycles. The van der Waals surface area contributed by atoms with Gasteiger partial charge in [-0.1, -0.05) is 0 Å². The molecule has 8 heteroatoms. The molecule has 0 spiro atoms. The second-order valence-corrected chi connectivity index (χ2v) is 5.94. The maximum Gasteiger partial charge on any atom is 0.242 e. The number of pyridine rings is 1. The molecule has 0 bridgehead atoms. The lowest BCUT2D eigenvalue weighted by atomic mass is 10.3. The third-order valence-electron chi connectivity index (χ3n) is 2.78. The van der Waals surface area contributed by atoms with Crippen molar-refractivity contribution in [1.82, 2.24) is 19.3 Å². The largest absolute Gasteiger partial charge is 0.337 e. The van der Waals surface area contributed by atoms with E-state index in [1.54, 1.807) is 18.6 Å². The summed E-state index contributed by atoms with van der Waals surface area (Å²) >= 11 is 0. The lowest BCUT2D eigenvalue weighted by molar-refractivity contribution is 0.568. The summed E-state index contributed by atoms with van der Waals surface area (Å²) in [6.45, 7) is 1.14. The molecular formula is C12H17N5O2S. The van der Waals surface area contributed by atoms with Gasteiger partial charge in [-0.3, -0.25) is 4.98 Å². The number of aromatic nitrogens is 3. The average Bonchev–Trinajstić information content (AvgIpc) is 2.97. The molecule has 0 fully saturated rings. The van der Waals surface area contributed by atoms with Crippen molar-refractivity contribution in [3.05, 3.63) is 42.7 Å². The third kappa shape index (κ3) is 3.62. The highest BCUT2D eigenvalue weighted by atomic mass is 32.2. The Labute approximate surface area is 117 Å². The van der Waals surface area contributed by atoms with Crippen LogP contribution in [0.1, 0.15) is 12.1 Å². The second kappa shape index (κ2) is 6.60. The van der Waals surface area contributed by atoms with Gasteiger partial charge in [0.25, 0.3) is 0 Å². The van der Waals surface area contributed by atoms with Crippen LogP contribution in [0.15, 0.2) is 41.9 Å². The van der Waals surface area contributed by atoms with Crippen LogP contribution in [-0.2, 0) is 23.1 Å². The Balaban J connectivity index is 1.94. The number of aryl methyl sites for hydroxylation is 1. The number of rotatable bonds is 7. The molecule has 2 heterocycles. The van der Waals surface area contributed by atoms with Gasteiger partial charge < -0.3 is 10.3 Å². The van der Waals surface area contributed by atoms with Gasteiger partial charge in [-0.25, -0.2) is 18.1 Å². The number of sulfonamides is 1. The number of nitrogens with two attached hydrogens (primary N) is 1. The fraction of sp³-hybridized carbons (Fsp3) is 0.333. The minimum atomic E-state index is -3.56. The SMILES string of the molecule is NCc1ncccc1S(=O)(=O)NCCCn1ccnc1. The average molecular weight is 295 g/mol. The third-order valence-corrected chi connectivity index (χ3v) is 4.31. The molecule has 0 saturated heterocycles. The molecule has 3 N–H and O–H groups in total. The topological polar surface area (TPSA) is 103 Å². The maximum atomic E-state index is 12.1. The normalized spacial score (nSPS) is 11.7. The summed E-state index contributed by atoms with van der Waals surface area (Å²) in [4.78, 5) is 8.04. The summed E-state index contributed by atoms with van der Waals surface area (Å²) in [6.07, 6.45) is 7.42. The van der Waals surface area contributed by atoms with Crippen LogP contribution in [0.2, 0.25) is 0 Å². The standard InChI is InChI=1S/C12H17N5O2S/c13-9-11-12(3-1-4-15-11)20(18,19)16-5-2-7-17-8-6-14-10-17/h1,3-4,6,8,10,16H,2,5,7,9,13H2. The highest BCUT2D eigenvalue weighted by Crippen LogP contribution is 2.11. The molecule has 0 aliphatic heterocycles. The Morgan fingerprint density at radius 2 is 2.20 bits per heavy atom. The van der Waals surface area contributed by atoms with Crippen LogP contribution in [-0.4, -0.2) is 29.5 Å². The number of nitrogens with one attached hydrogen (secondary N) is 1. The van der Waals surface area contributed by atoms with Crippen LogP contribution < -0.4 is 10.5 Å². The van der Waals surface area contributed by atoms with Gasteiger partial charge in [0.15, 0.2) is 0 Å². The number of imidazole rings is 1. The lowest BCUT2D eigenvalue weighted by Gasteiger charge is -2.09. The predicted octanol–water partition coefficient (Wildman–Crippen LogP) is 0.105. The fourth-order valence-electron chi connectivity index (χ4n) is 1.79. The van der Waals surface area contributed by atoms with Gasteiger partial charge in [-0.05, 0) is 18.6 Å². The molecule has 0 aliphatic carbocycles. The number of hydrogen-bond acceptors (Lipinski definition) is 5. The Morgan fingerprint density at radius 1 is 1.35 bits per heavy atom. The van der Waals surface area contributed by atoms with E-state index in [2.05, 4.69) is 14.7 Å². The second-order valence-electron chi connectivity index (χ2n) is 4.20. The first-order valence-electron chi connectivity index (χ1n) is 6.23.